The van der Waals surface area contributed by atoms with Crippen molar-refractivity contribution in [1.82, 2.24) is 9.78 Å². The van der Waals surface area contributed by atoms with Crippen molar-refractivity contribution in [2.75, 3.05) is 12.4 Å². The number of rotatable bonds is 5. The Morgan fingerprint density at radius 1 is 1.48 bits per heavy atom. The van der Waals surface area contributed by atoms with Crippen LogP contribution in [0.3, 0.4) is 0 Å². The van der Waals surface area contributed by atoms with Crippen LogP contribution in [-0.4, -0.2) is 26.4 Å². The predicted molar refractivity (Wildman–Crippen MR) is 99.9 cm³/mol. The molecule has 0 radical (unpaired) electrons. The molecule has 25 heavy (non-hydrogen) atoms. The number of fused-ring (bicyclic) bond motifs is 1. The van der Waals surface area contributed by atoms with Gasteiger partial charge in [-0.2, -0.15) is 10.4 Å². The van der Waals surface area contributed by atoms with Gasteiger partial charge in [0.2, 0.25) is 0 Å². The van der Waals surface area contributed by atoms with Crippen LogP contribution in [0.4, 0.5) is 0 Å². The smallest absolute Gasteiger partial charge is 0.162 e. The Kier molecular flexibility index (Phi) is 5.14. The summed E-state index contributed by atoms with van der Waals surface area (Å²) in [4.78, 5) is 0.498. The van der Waals surface area contributed by atoms with Crippen molar-refractivity contribution in [2.45, 2.75) is 18.0 Å². The normalized spacial score (nSPS) is 16.6. The van der Waals surface area contributed by atoms with Gasteiger partial charge < -0.3 is 4.74 Å². The van der Waals surface area contributed by atoms with Crippen molar-refractivity contribution in [1.29, 1.82) is 10.0 Å². The fourth-order valence-corrected chi connectivity index (χ4v) is 4.71. The van der Waals surface area contributed by atoms with E-state index in [-0.39, 0.29) is 6.54 Å². The van der Waals surface area contributed by atoms with Gasteiger partial charge in [-0.25, -0.2) is 13.7 Å². The Morgan fingerprint density at radius 3 is 2.84 bits per heavy atom. The van der Waals surface area contributed by atoms with Crippen molar-refractivity contribution in [3.63, 3.8) is 0 Å². The third-order valence-electron chi connectivity index (χ3n) is 3.70. The monoisotopic (exact) mass is 394 g/mol. The Morgan fingerprint density at radius 2 is 2.20 bits per heavy atom. The third-order valence-corrected chi connectivity index (χ3v) is 6.39. The minimum Gasteiger partial charge on any atom is -0.488 e. The van der Waals surface area contributed by atoms with Gasteiger partial charge in [0, 0.05) is 11.2 Å². The van der Waals surface area contributed by atoms with E-state index in [1.807, 2.05) is 6.08 Å². The third kappa shape index (κ3) is 3.87. The largest absolute Gasteiger partial charge is 0.488 e. The maximum absolute atomic E-state index is 11.7. The molecule has 1 aliphatic heterocycles. The zero-order chi connectivity index (χ0) is 18.0. The van der Waals surface area contributed by atoms with Crippen LogP contribution in [0.25, 0.3) is 5.76 Å². The SMILES string of the molecule is CS(=N)(=O)c1ccc(COC2=CCPc3c2c(Cl)nn3CC#N)cc1. The van der Waals surface area contributed by atoms with E-state index in [4.69, 9.17) is 26.4 Å². The maximum atomic E-state index is 11.7. The maximum Gasteiger partial charge on any atom is 0.162 e. The number of nitriles is 1. The lowest BCUT2D eigenvalue weighted by molar-refractivity contribution is 0.264. The molecule has 0 amide bonds. The standard InChI is InChI=1S/C16H16ClN4O2PS/c1-25(19,22)12-4-2-11(3-5-12)10-23-13-6-9-24-16-14(13)15(17)20-21(16)8-7-18/h2-6,19,24H,8-10H2,1H3. The molecule has 1 aliphatic rings. The lowest BCUT2D eigenvalue weighted by Gasteiger charge is -2.16. The minimum absolute atomic E-state index is 0.167. The first kappa shape index (κ1) is 17.9. The van der Waals surface area contributed by atoms with Gasteiger partial charge in [-0.1, -0.05) is 32.3 Å². The van der Waals surface area contributed by atoms with Gasteiger partial charge in [-0.3, -0.25) is 0 Å². The zero-order valence-electron chi connectivity index (χ0n) is 13.5. The second kappa shape index (κ2) is 7.17. The number of hydrogen-bond acceptors (Lipinski definition) is 5. The highest BCUT2D eigenvalue weighted by molar-refractivity contribution is 7.91. The molecule has 3 rings (SSSR count). The van der Waals surface area contributed by atoms with Gasteiger partial charge >= 0.3 is 0 Å². The highest BCUT2D eigenvalue weighted by Crippen LogP contribution is 2.32. The lowest BCUT2D eigenvalue weighted by atomic mass is 10.2. The fraction of sp³-hybridized carbons (Fsp3) is 0.250. The number of allylic oxidation sites excluding steroid dienone is 1. The van der Waals surface area contributed by atoms with Gasteiger partial charge in [0.15, 0.2) is 5.15 Å². The topological polar surface area (TPSA) is 91.8 Å². The van der Waals surface area contributed by atoms with E-state index in [2.05, 4.69) is 11.2 Å². The Balaban J connectivity index is 1.77. The second-order valence-electron chi connectivity index (χ2n) is 5.56. The molecule has 0 saturated carbocycles. The first-order chi connectivity index (χ1) is 11.9. The summed E-state index contributed by atoms with van der Waals surface area (Å²) in [6.45, 7) is 0.498. The summed E-state index contributed by atoms with van der Waals surface area (Å²) in [7, 11) is -2.20. The van der Waals surface area contributed by atoms with Crippen LogP contribution in [0.1, 0.15) is 11.1 Å². The van der Waals surface area contributed by atoms with Crippen LogP contribution in [0, 0.1) is 16.1 Å². The molecule has 0 bridgehead atoms. The molecule has 0 spiro atoms. The van der Waals surface area contributed by atoms with Gasteiger partial charge in [0.1, 0.15) is 18.9 Å². The highest BCUT2D eigenvalue weighted by Gasteiger charge is 2.24. The van der Waals surface area contributed by atoms with E-state index in [1.54, 1.807) is 28.9 Å². The summed E-state index contributed by atoms with van der Waals surface area (Å²) in [5.74, 6) is 0.673. The van der Waals surface area contributed by atoms with Crippen LogP contribution in [0.2, 0.25) is 5.15 Å². The summed E-state index contributed by atoms with van der Waals surface area (Å²) in [6, 6.07) is 9.07. The first-order valence-electron chi connectivity index (χ1n) is 7.43. The van der Waals surface area contributed by atoms with Crippen molar-refractivity contribution in [3.05, 3.63) is 46.6 Å². The molecule has 0 saturated heterocycles. The quantitative estimate of drug-likeness (QED) is 0.789. The molecule has 2 unspecified atom stereocenters. The molecule has 0 fully saturated rings. The number of halogens is 1. The Hall–Kier alpha value is -1.87. The van der Waals surface area contributed by atoms with Crippen LogP contribution in [-0.2, 0) is 27.6 Å². The molecular weight excluding hydrogens is 379 g/mol. The molecule has 6 nitrogen and oxygen atoms in total. The molecule has 1 aromatic carbocycles. The van der Waals surface area contributed by atoms with Crippen molar-refractivity contribution in [2.24, 2.45) is 0 Å². The average Bonchev–Trinajstić information content (AvgIpc) is 2.90. The minimum atomic E-state index is -2.71. The van der Waals surface area contributed by atoms with Crippen molar-refractivity contribution >= 4 is 41.1 Å². The number of benzene rings is 1. The summed E-state index contributed by atoms with van der Waals surface area (Å²) in [6.07, 6.45) is 4.21. The van der Waals surface area contributed by atoms with Crippen molar-refractivity contribution in [3.8, 4) is 6.07 Å². The molecule has 0 aliphatic carbocycles. The average molecular weight is 395 g/mol. The van der Waals surface area contributed by atoms with Gasteiger partial charge in [0.25, 0.3) is 0 Å². The van der Waals surface area contributed by atoms with E-state index in [1.165, 1.54) is 6.26 Å². The van der Waals surface area contributed by atoms with Crippen LogP contribution in [0.15, 0.2) is 35.2 Å². The summed E-state index contributed by atoms with van der Waals surface area (Å²) < 4.78 is 26.9. The molecule has 9 heteroatoms. The Labute approximate surface area is 153 Å². The zero-order valence-corrected chi connectivity index (χ0v) is 16.0. The Bertz CT molecular complexity index is 975. The van der Waals surface area contributed by atoms with E-state index >= 15 is 0 Å². The number of nitrogens with one attached hydrogen (secondary N) is 1. The van der Waals surface area contributed by atoms with Crippen LogP contribution < -0.4 is 5.44 Å². The van der Waals surface area contributed by atoms with Gasteiger partial charge in [-0.15, -0.1) is 0 Å². The fourth-order valence-electron chi connectivity index (χ4n) is 2.49. The summed E-state index contributed by atoms with van der Waals surface area (Å²) in [5, 5.41) is 13.5. The molecular formula is C16H16ClN4O2PS. The number of hydrogen-bond donors (Lipinski definition) is 1. The van der Waals surface area contributed by atoms with E-state index in [0.717, 1.165) is 22.7 Å². The van der Waals surface area contributed by atoms with Gasteiger partial charge in [-0.05, 0) is 29.9 Å². The van der Waals surface area contributed by atoms with E-state index in [9.17, 15) is 4.21 Å². The molecule has 1 N–H and O–H groups in total. The molecule has 2 aromatic rings. The van der Waals surface area contributed by atoms with Crippen LogP contribution in [0.5, 0.6) is 0 Å². The van der Waals surface area contributed by atoms with Crippen LogP contribution >= 0.6 is 20.2 Å². The van der Waals surface area contributed by atoms with Gasteiger partial charge in [0.05, 0.1) is 26.8 Å². The predicted octanol–water partition coefficient (Wildman–Crippen LogP) is 2.97. The molecule has 2 atom stereocenters. The van der Waals surface area contributed by atoms with Crippen molar-refractivity contribution < 1.29 is 8.95 Å². The molecule has 130 valence electrons. The molecule has 2 heterocycles. The van der Waals surface area contributed by atoms with E-state index in [0.29, 0.717) is 31.0 Å². The van der Waals surface area contributed by atoms with E-state index < -0.39 is 9.73 Å². The summed E-state index contributed by atoms with van der Waals surface area (Å²) >= 11 is 6.24. The first-order valence-corrected chi connectivity index (χ1v) is 11.0. The number of ether oxygens (including phenoxy) is 1. The number of aromatic nitrogens is 2. The summed E-state index contributed by atoms with van der Waals surface area (Å²) in [5.41, 5.74) is 2.61. The number of nitrogens with zero attached hydrogens (tertiary/aromatic N) is 3. The highest BCUT2D eigenvalue weighted by atomic mass is 35.5. The second-order valence-corrected chi connectivity index (χ2v) is 9.31. The lowest BCUT2D eigenvalue weighted by Crippen LogP contribution is -2.18. The molecule has 1 aromatic heterocycles.